The molecule has 6 heteroatoms. The highest BCUT2D eigenvalue weighted by Gasteiger charge is 2.25. The number of nitrogens with one attached hydrogen (secondary N) is 1. The van der Waals surface area contributed by atoms with Gasteiger partial charge in [-0.1, -0.05) is 13.8 Å². The number of aliphatic hydroxyl groups is 1. The Bertz CT molecular complexity index is 243. The lowest BCUT2D eigenvalue weighted by atomic mass is 9.94. The first-order valence-electron chi connectivity index (χ1n) is 5.28. The first kappa shape index (κ1) is 14.9. The average Bonchev–Trinajstić information content (AvgIpc) is 2.17. The predicted molar refractivity (Wildman–Crippen MR) is 58.7 cm³/mol. The van der Waals surface area contributed by atoms with Gasteiger partial charge < -0.3 is 21.3 Å². The normalized spacial score (nSPS) is 14.6. The summed E-state index contributed by atoms with van der Waals surface area (Å²) in [5.74, 6) is -1.88. The molecular weight excluding hydrogens is 212 g/mol. The van der Waals surface area contributed by atoms with Gasteiger partial charge in [0.2, 0.25) is 5.91 Å². The highest BCUT2D eigenvalue weighted by Crippen LogP contribution is 2.09. The second-order valence-corrected chi connectivity index (χ2v) is 4.00. The number of amides is 1. The van der Waals surface area contributed by atoms with E-state index in [4.69, 9.17) is 15.9 Å². The summed E-state index contributed by atoms with van der Waals surface area (Å²) in [5.41, 5.74) is 5.44. The van der Waals surface area contributed by atoms with Crippen LogP contribution in [-0.2, 0) is 9.59 Å². The molecule has 0 heterocycles. The second kappa shape index (κ2) is 7.19. The third-order valence-corrected chi connectivity index (χ3v) is 2.43. The van der Waals surface area contributed by atoms with Crippen molar-refractivity contribution in [3.63, 3.8) is 0 Å². The van der Waals surface area contributed by atoms with Crippen LogP contribution in [0.5, 0.6) is 0 Å². The molecule has 5 N–H and O–H groups in total. The fourth-order valence-electron chi connectivity index (χ4n) is 1.35. The fraction of sp³-hybridized carbons (Fsp3) is 0.800. The highest BCUT2D eigenvalue weighted by atomic mass is 16.4. The first-order chi connectivity index (χ1) is 7.43. The lowest BCUT2D eigenvalue weighted by molar-refractivity contribution is -0.143. The number of aliphatic carboxylic acids is 1. The zero-order valence-electron chi connectivity index (χ0n) is 9.64. The standard InChI is InChI=1S/C10H20N2O4/c1-6(2)7(5-11)9(14)12-8(3-4-13)10(15)16/h6-8,13H,3-5,11H2,1-2H3,(H,12,14)(H,15,16)/t7?,8-/m0/s1. The van der Waals surface area contributed by atoms with E-state index in [1.807, 2.05) is 13.8 Å². The summed E-state index contributed by atoms with van der Waals surface area (Å²) in [6.45, 7) is 3.58. The third kappa shape index (κ3) is 4.59. The maximum Gasteiger partial charge on any atom is 0.326 e. The Kier molecular flexibility index (Phi) is 6.67. The van der Waals surface area contributed by atoms with Gasteiger partial charge in [0.1, 0.15) is 6.04 Å². The number of carboxylic acids is 1. The molecule has 0 aliphatic carbocycles. The van der Waals surface area contributed by atoms with E-state index < -0.39 is 17.9 Å². The van der Waals surface area contributed by atoms with Crippen LogP contribution < -0.4 is 11.1 Å². The Morgan fingerprint density at radius 2 is 1.94 bits per heavy atom. The zero-order chi connectivity index (χ0) is 12.7. The van der Waals surface area contributed by atoms with E-state index >= 15 is 0 Å². The van der Waals surface area contributed by atoms with Crippen molar-refractivity contribution in [1.82, 2.24) is 5.32 Å². The second-order valence-electron chi connectivity index (χ2n) is 4.00. The van der Waals surface area contributed by atoms with Gasteiger partial charge in [-0.2, -0.15) is 0 Å². The lowest BCUT2D eigenvalue weighted by Gasteiger charge is -2.21. The Balaban J connectivity index is 4.43. The van der Waals surface area contributed by atoms with E-state index in [0.29, 0.717) is 0 Å². The SMILES string of the molecule is CC(C)C(CN)C(=O)N[C@@H](CCO)C(=O)O. The number of hydrogen-bond donors (Lipinski definition) is 4. The van der Waals surface area contributed by atoms with Gasteiger partial charge in [0.05, 0.1) is 5.92 Å². The van der Waals surface area contributed by atoms with Crippen LogP contribution in [0.1, 0.15) is 20.3 Å². The molecule has 0 rings (SSSR count). The maximum absolute atomic E-state index is 11.7. The zero-order valence-corrected chi connectivity index (χ0v) is 9.64. The molecule has 0 fully saturated rings. The minimum Gasteiger partial charge on any atom is -0.480 e. The molecule has 0 aromatic heterocycles. The molecule has 0 saturated carbocycles. The average molecular weight is 232 g/mol. The van der Waals surface area contributed by atoms with Gasteiger partial charge in [-0.25, -0.2) is 4.79 Å². The molecule has 0 aromatic rings. The van der Waals surface area contributed by atoms with Gasteiger partial charge in [0.15, 0.2) is 0 Å². The maximum atomic E-state index is 11.7. The number of carbonyl (C=O) groups is 2. The molecule has 94 valence electrons. The Labute approximate surface area is 94.8 Å². The monoisotopic (exact) mass is 232 g/mol. The fourth-order valence-corrected chi connectivity index (χ4v) is 1.35. The van der Waals surface area contributed by atoms with Crippen molar-refractivity contribution in [3.05, 3.63) is 0 Å². The van der Waals surface area contributed by atoms with Gasteiger partial charge in [-0.15, -0.1) is 0 Å². The van der Waals surface area contributed by atoms with Gasteiger partial charge in [-0.3, -0.25) is 4.79 Å². The number of aliphatic hydroxyl groups excluding tert-OH is 1. The van der Waals surface area contributed by atoms with Crippen LogP contribution in [0.15, 0.2) is 0 Å². The molecule has 16 heavy (non-hydrogen) atoms. The molecule has 0 aliphatic heterocycles. The van der Waals surface area contributed by atoms with E-state index in [0.717, 1.165) is 0 Å². The first-order valence-corrected chi connectivity index (χ1v) is 5.28. The van der Waals surface area contributed by atoms with Crippen molar-refractivity contribution < 1.29 is 19.8 Å². The molecule has 1 unspecified atom stereocenters. The molecular formula is C10H20N2O4. The van der Waals surface area contributed by atoms with Gasteiger partial charge in [-0.05, 0) is 5.92 Å². The summed E-state index contributed by atoms with van der Waals surface area (Å²) < 4.78 is 0. The van der Waals surface area contributed by atoms with Crippen LogP contribution in [0, 0.1) is 11.8 Å². The lowest BCUT2D eigenvalue weighted by Crippen LogP contribution is -2.46. The largest absolute Gasteiger partial charge is 0.480 e. The highest BCUT2D eigenvalue weighted by molar-refractivity contribution is 5.85. The molecule has 0 aliphatic rings. The van der Waals surface area contributed by atoms with Crippen LogP contribution >= 0.6 is 0 Å². The summed E-state index contributed by atoms with van der Waals surface area (Å²) in [6, 6.07) is -1.05. The molecule has 6 nitrogen and oxygen atoms in total. The van der Waals surface area contributed by atoms with E-state index in [9.17, 15) is 9.59 Å². The van der Waals surface area contributed by atoms with Crippen molar-refractivity contribution >= 4 is 11.9 Å². The predicted octanol–water partition coefficient (Wildman–Crippen LogP) is -0.831. The van der Waals surface area contributed by atoms with Crippen molar-refractivity contribution in [2.45, 2.75) is 26.3 Å². The number of hydrogen-bond acceptors (Lipinski definition) is 4. The van der Waals surface area contributed by atoms with Crippen molar-refractivity contribution in [3.8, 4) is 0 Å². The van der Waals surface area contributed by atoms with Gasteiger partial charge in [0.25, 0.3) is 0 Å². The molecule has 0 spiro atoms. The molecule has 0 aromatic carbocycles. The molecule has 2 atom stereocenters. The van der Waals surface area contributed by atoms with E-state index in [2.05, 4.69) is 5.32 Å². The van der Waals surface area contributed by atoms with Crippen molar-refractivity contribution in [1.29, 1.82) is 0 Å². The van der Waals surface area contributed by atoms with E-state index in [1.54, 1.807) is 0 Å². The van der Waals surface area contributed by atoms with Gasteiger partial charge in [0, 0.05) is 19.6 Å². The minimum atomic E-state index is -1.15. The topological polar surface area (TPSA) is 113 Å². The van der Waals surface area contributed by atoms with E-state index in [-0.39, 0.29) is 31.4 Å². The van der Waals surface area contributed by atoms with Crippen LogP contribution in [0.4, 0.5) is 0 Å². The summed E-state index contributed by atoms with van der Waals surface area (Å²) in [4.78, 5) is 22.4. The number of rotatable bonds is 7. The summed E-state index contributed by atoms with van der Waals surface area (Å²) in [5, 5.41) is 19.8. The smallest absolute Gasteiger partial charge is 0.326 e. The third-order valence-electron chi connectivity index (χ3n) is 2.43. The van der Waals surface area contributed by atoms with Gasteiger partial charge >= 0.3 is 5.97 Å². The van der Waals surface area contributed by atoms with Crippen molar-refractivity contribution in [2.24, 2.45) is 17.6 Å². The van der Waals surface area contributed by atoms with Crippen LogP contribution in [0.3, 0.4) is 0 Å². The molecule has 0 radical (unpaired) electrons. The number of nitrogens with two attached hydrogens (primary N) is 1. The number of carboxylic acid groups (broad SMARTS) is 1. The summed E-state index contributed by atoms with van der Waals surface area (Å²) in [6.07, 6.45) is -0.00351. The quantitative estimate of drug-likeness (QED) is 0.457. The Hall–Kier alpha value is -1.14. The summed E-state index contributed by atoms with van der Waals surface area (Å²) >= 11 is 0. The number of carbonyl (C=O) groups excluding carboxylic acids is 1. The minimum absolute atomic E-state index is 0.00351. The Morgan fingerprint density at radius 3 is 2.25 bits per heavy atom. The molecule has 1 amide bonds. The summed E-state index contributed by atoms with van der Waals surface area (Å²) in [7, 11) is 0. The van der Waals surface area contributed by atoms with Crippen molar-refractivity contribution in [2.75, 3.05) is 13.2 Å². The van der Waals surface area contributed by atoms with Crippen LogP contribution in [0.2, 0.25) is 0 Å². The molecule has 0 saturated heterocycles. The van der Waals surface area contributed by atoms with Crippen LogP contribution in [0.25, 0.3) is 0 Å². The van der Waals surface area contributed by atoms with Crippen LogP contribution in [-0.4, -0.2) is 41.3 Å². The van der Waals surface area contributed by atoms with E-state index in [1.165, 1.54) is 0 Å². The molecule has 0 bridgehead atoms. The Morgan fingerprint density at radius 1 is 1.38 bits per heavy atom.